The molecule has 0 saturated carbocycles. The molecular weight excluding hydrogens is 310 g/mol. The molecule has 4 heterocycles. The first-order valence-electron chi connectivity index (χ1n) is 8.16. The maximum atomic E-state index is 4.68. The summed E-state index contributed by atoms with van der Waals surface area (Å²) in [6.45, 7) is 0.763. The van der Waals surface area contributed by atoms with Crippen molar-refractivity contribution in [1.29, 1.82) is 0 Å². The Kier molecular flexibility index (Phi) is 3.10. The predicted molar refractivity (Wildman–Crippen MR) is 98.2 cm³/mol. The molecule has 0 aliphatic carbocycles. The van der Waals surface area contributed by atoms with E-state index in [9.17, 15) is 0 Å². The van der Waals surface area contributed by atoms with Gasteiger partial charge in [-0.1, -0.05) is 12.1 Å². The summed E-state index contributed by atoms with van der Waals surface area (Å²) in [6, 6.07) is 16.5. The Morgan fingerprint density at radius 3 is 2.92 bits per heavy atom. The van der Waals surface area contributed by atoms with Gasteiger partial charge in [-0.25, -0.2) is 9.97 Å². The molecule has 5 heteroatoms. The zero-order valence-corrected chi connectivity index (χ0v) is 13.4. The molecule has 120 valence electrons. The number of hydrogen-bond donors (Lipinski definition) is 1. The minimum Gasteiger partial charge on any atom is -0.345 e. The van der Waals surface area contributed by atoms with Crippen LogP contribution in [0.5, 0.6) is 0 Å². The van der Waals surface area contributed by atoms with Gasteiger partial charge in [0.25, 0.3) is 0 Å². The second-order valence-corrected chi connectivity index (χ2v) is 6.01. The quantitative estimate of drug-likeness (QED) is 0.545. The van der Waals surface area contributed by atoms with Gasteiger partial charge in [0.15, 0.2) is 5.65 Å². The maximum Gasteiger partial charge on any atom is 0.156 e. The Hall–Kier alpha value is -3.47. The smallest absolute Gasteiger partial charge is 0.156 e. The summed E-state index contributed by atoms with van der Waals surface area (Å²) in [5, 5.41) is 1.18. The number of fused-ring (bicyclic) bond motifs is 2. The van der Waals surface area contributed by atoms with Crippen molar-refractivity contribution in [1.82, 2.24) is 24.5 Å². The fraction of sp³-hybridized carbons (Fsp3) is 0.0500. The van der Waals surface area contributed by atoms with Gasteiger partial charge in [0.05, 0.1) is 24.1 Å². The highest BCUT2D eigenvalue weighted by molar-refractivity contribution is 5.85. The molecule has 5 aromatic rings. The van der Waals surface area contributed by atoms with Crippen LogP contribution in [0.2, 0.25) is 0 Å². The Morgan fingerprint density at radius 1 is 1.00 bits per heavy atom. The number of nitrogens with zero attached hydrogens (tertiary/aromatic N) is 4. The summed E-state index contributed by atoms with van der Waals surface area (Å²) in [7, 11) is 0. The van der Waals surface area contributed by atoms with E-state index >= 15 is 0 Å². The van der Waals surface area contributed by atoms with E-state index in [4.69, 9.17) is 0 Å². The molecule has 0 spiro atoms. The summed E-state index contributed by atoms with van der Waals surface area (Å²) in [6.07, 6.45) is 7.60. The highest BCUT2D eigenvalue weighted by Gasteiger charge is 2.07. The number of aromatic nitrogens is 5. The van der Waals surface area contributed by atoms with Crippen LogP contribution in [0.1, 0.15) is 5.69 Å². The zero-order chi connectivity index (χ0) is 16.6. The number of H-pyrrole nitrogens is 1. The molecule has 0 bridgehead atoms. The van der Waals surface area contributed by atoms with Crippen LogP contribution in [0, 0.1) is 0 Å². The first-order valence-corrected chi connectivity index (χ1v) is 8.16. The summed E-state index contributed by atoms with van der Waals surface area (Å²) < 4.78 is 2.21. The number of rotatable bonds is 3. The van der Waals surface area contributed by atoms with Gasteiger partial charge in [-0.05, 0) is 36.4 Å². The Balaban J connectivity index is 1.54. The van der Waals surface area contributed by atoms with Crippen LogP contribution in [0.25, 0.3) is 33.3 Å². The first kappa shape index (κ1) is 13.9. The van der Waals surface area contributed by atoms with Gasteiger partial charge < -0.3 is 9.55 Å². The molecule has 0 fully saturated rings. The van der Waals surface area contributed by atoms with Crippen molar-refractivity contribution in [3.8, 4) is 11.3 Å². The lowest BCUT2D eigenvalue weighted by Gasteiger charge is -2.06. The van der Waals surface area contributed by atoms with Crippen LogP contribution in [-0.4, -0.2) is 24.5 Å². The van der Waals surface area contributed by atoms with Gasteiger partial charge >= 0.3 is 0 Å². The number of aromatic amines is 1. The lowest BCUT2D eigenvalue weighted by Crippen LogP contribution is -1.99. The summed E-state index contributed by atoms with van der Waals surface area (Å²) in [5.74, 6) is 0. The van der Waals surface area contributed by atoms with Crippen molar-refractivity contribution < 1.29 is 0 Å². The summed E-state index contributed by atoms with van der Waals surface area (Å²) >= 11 is 0. The molecule has 0 unspecified atom stereocenters. The second-order valence-electron chi connectivity index (χ2n) is 6.01. The Bertz CT molecular complexity index is 1170. The van der Waals surface area contributed by atoms with E-state index < -0.39 is 0 Å². The fourth-order valence-corrected chi connectivity index (χ4v) is 3.13. The minimum absolute atomic E-state index is 0.763. The average molecular weight is 325 g/mol. The van der Waals surface area contributed by atoms with Gasteiger partial charge in [-0.15, -0.1) is 0 Å². The molecule has 0 aliphatic heterocycles. The van der Waals surface area contributed by atoms with Gasteiger partial charge in [0.1, 0.15) is 5.52 Å². The van der Waals surface area contributed by atoms with E-state index in [2.05, 4.69) is 55.0 Å². The molecular formula is C20H15N5. The highest BCUT2D eigenvalue weighted by Crippen LogP contribution is 2.25. The van der Waals surface area contributed by atoms with Crippen LogP contribution in [0.4, 0.5) is 0 Å². The number of pyridine rings is 1. The molecule has 1 aromatic carbocycles. The summed E-state index contributed by atoms with van der Waals surface area (Å²) in [4.78, 5) is 16.6. The molecule has 25 heavy (non-hydrogen) atoms. The van der Waals surface area contributed by atoms with Crippen LogP contribution in [0.15, 0.2) is 73.3 Å². The van der Waals surface area contributed by atoms with E-state index in [1.807, 2.05) is 42.9 Å². The molecule has 5 nitrogen and oxygen atoms in total. The third-order valence-electron chi connectivity index (χ3n) is 4.39. The third kappa shape index (κ3) is 2.46. The molecule has 0 aliphatic rings. The molecule has 0 radical (unpaired) electrons. The lowest BCUT2D eigenvalue weighted by molar-refractivity contribution is 0.807. The minimum atomic E-state index is 0.763. The Labute approximate surface area is 144 Å². The number of hydrogen-bond acceptors (Lipinski definition) is 3. The number of nitrogens with one attached hydrogen (secondary N) is 1. The van der Waals surface area contributed by atoms with E-state index in [0.717, 1.165) is 34.7 Å². The van der Waals surface area contributed by atoms with Crippen molar-refractivity contribution in [2.45, 2.75) is 6.54 Å². The molecule has 1 N–H and O–H groups in total. The van der Waals surface area contributed by atoms with Gasteiger partial charge in [-0.2, -0.15) is 0 Å². The van der Waals surface area contributed by atoms with Crippen LogP contribution in [0.3, 0.4) is 0 Å². The molecule has 0 atom stereocenters. The molecule has 0 amide bonds. The maximum absolute atomic E-state index is 4.68. The lowest BCUT2D eigenvalue weighted by atomic mass is 10.1. The fourth-order valence-electron chi connectivity index (χ4n) is 3.13. The zero-order valence-electron chi connectivity index (χ0n) is 13.4. The van der Waals surface area contributed by atoms with E-state index in [0.29, 0.717) is 0 Å². The Morgan fingerprint density at radius 2 is 2.00 bits per heavy atom. The van der Waals surface area contributed by atoms with Crippen molar-refractivity contribution in [3.63, 3.8) is 0 Å². The molecule has 0 saturated heterocycles. The second kappa shape index (κ2) is 5.56. The monoisotopic (exact) mass is 325 g/mol. The normalized spacial score (nSPS) is 11.4. The van der Waals surface area contributed by atoms with Crippen molar-refractivity contribution in [2.75, 3.05) is 0 Å². The third-order valence-corrected chi connectivity index (χ3v) is 4.39. The van der Waals surface area contributed by atoms with Gasteiger partial charge in [-0.3, -0.25) is 4.98 Å². The number of benzene rings is 1. The van der Waals surface area contributed by atoms with Gasteiger partial charge in [0.2, 0.25) is 0 Å². The highest BCUT2D eigenvalue weighted by atomic mass is 15.0. The summed E-state index contributed by atoms with van der Waals surface area (Å²) in [5.41, 5.74) is 5.87. The average Bonchev–Trinajstić information content (AvgIpc) is 3.28. The van der Waals surface area contributed by atoms with E-state index in [-0.39, 0.29) is 0 Å². The van der Waals surface area contributed by atoms with E-state index in [1.165, 1.54) is 10.9 Å². The topological polar surface area (TPSA) is 59.4 Å². The van der Waals surface area contributed by atoms with Crippen molar-refractivity contribution in [2.24, 2.45) is 0 Å². The van der Waals surface area contributed by atoms with Crippen LogP contribution in [-0.2, 0) is 6.54 Å². The standard InChI is InChI=1S/C20H15N5/c1-2-8-21-16(3-1)13-25-10-7-15-11-14(4-5-19(15)25)18-12-23-20-17(24-18)6-9-22-20/h1-12H,13H2,(H,22,23). The van der Waals surface area contributed by atoms with Crippen molar-refractivity contribution >= 4 is 22.1 Å². The first-order chi connectivity index (χ1) is 12.4. The largest absolute Gasteiger partial charge is 0.345 e. The van der Waals surface area contributed by atoms with Crippen LogP contribution < -0.4 is 0 Å². The van der Waals surface area contributed by atoms with Crippen molar-refractivity contribution in [3.05, 3.63) is 79.0 Å². The molecule has 4 aromatic heterocycles. The predicted octanol–water partition coefficient (Wildman–Crippen LogP) is 4.02. The van der Waals surface area contributed by atoms with E-state index in [1.54, 1.807) is 0 Å². The SMILES string of the molecule is c1ccc(Cn2ccc3cc(-c4cnc5[nH]ccc5n4)ccc32)nc1. The molecule has 5 rings (SSSR count). The van der Waals surface area contributed by atoms with Gasteiger partial charge in [0, 0.05) is 35.1 Å². The van der Waals surface area contributed by atoms with Crippen LogP contribution >= 0.6 is 0 Å².